The predicted octanol–water partition coefficient (Wildman–Crippen LogP) is 1.91. The van der Waals surface area contributed by atoms with Crippen molar-refractivity contribution in [3.8, 4) is 0 Å². The maximum Gasteiger partial charge on any atom is 0.328 e. The summed E-state index contributed by atoms with van der Waals surface area (Å²) in [7, 11) is 0. The van der Waals surface area contributed by atoms with Gasteiger partial charge in [-0.2, -0.15) is 0 Å². The van der Waals surface area contributed by atoms with Gasteiger partial charge in [0.05, 0.1) is 0 Å². The van der Waals surface area contributed by atoms with E-state index >= 15 is 0 Å². The van der Waals surface area contributed by atoms with Crippen LogP contribution in [0.3, 0.4) is 0 Å². The van der Waals surface area contributed by atoms with E-state index in [1.54, 1.807) is 18.2 Å². The van der Waals surface area contributed by atoms with Gasteiger partial charge in [0.2, 0.25) is 0 Å². The minimum Gasteiger partial charge on any atom is -0.480 e. The molecule has 1 aromatic rings. The molecule has 0 aromatic heterocycles. The molecule has 3 N–H and O–H groups in total. The van der Waals surface area contributed by atoms with Gasteiger partial charge in [-0.1, -0.05) is 23.7 Å². The maximum atomic E-state index is 10.8. The van der Waals surface area contributed by atoms with Crippen LogP contribution >= 0.6 is 11.6 Å². The van der Waals surface area contributed by atoms with E-state index in [9.17, 15) is 4.79 Å². The van der Waals surface area contributed by atoms with Crippen molar-refractivity contribution in [2.75, 3.05) is 0 Å². The number of aliphatic carboxylic acids is 1. The first-order chi connectivity index (χ1) is 6.35. The Balaban J connectivity index is 3.21. The van der Waals surface area contributed by atoms with E-state index in [1.165, 1.54) is 6.92 Å². The molecule has 76 valence electrons. The summed E-state index contributed by atoms with van der Waals surface area (Å²) in [6, 6.07) is 5.02. The summed E-state index contributed by atoms with van der Waals surface area (Å²) < 4.78 is 0. The van der Waals surface area contributed by atoms with Crippen molar-refractivity contribution in [3.05, 3.63) is 34.3 Å². The van der Waals surface area contributed by atoms with E-state index in [2.05, 4.69) is 0 Å². The van der Waals surface area contributed by atoms with Crippen LogP contribution in [0.1, 0.15) is 18.1 Å². The molecular weight excluding hydrogens is 202 g/mol. The molecule has 0 radical (unpaired) electrons. The monoisotopic (exact) mass is 213 g/mol. The van der Waals surface area contributed by atoms with E-state index in [0.717, 1.165) is 5.56 Å². The second-order valence-electron chi connectivity index (χ2n) is 3.47. The van der Waals surface area contributed by atoms with Gasteiger partial charge < -0.3 is 10.8 Å². The Bertz CT molecular complexity index is 374. The minimum absolute atomic E-state index is 0.501. The molecule has 0 aliphatic rings. The van der Waals surface area contributed by atoms with Gasteiger partial charge in [-0.05, 0) is 31.0 Å². The number of nitrogens with two attached hydrogens (primary N) is 1. The molecular formula is C10H12ClNO2. The SMILES string of the molecule is Cc1ccc([C@@](C)(N)C(=O)O)cc1Cl. The number of aryl methyl sites for hydroxylation is 1. The third kappa shape index (κ3) is 1.89. The van der Waals surface area contributed by atoms with E-state index in [1.807, 2.05) is 6.92 Å². The standard InChI is InChI=1S/C10H12ClNO2/c1-6-3-4-7(5-8(6)11)10(2,12)9(13)14/h3-5H,12H2,1-2H3,(H,13,14)/t10-/m1/s1. The molecule has 0 amide bonds. The number of carboxylic acids is 1. The minimum atomic E-state index is -1.39. The first-order valence-corrected chi connectivity index (χ1v) is 4.52. The lowest BCUT2D eigenvalue weighted by Crippen LogP contribution is -2.41. The fourth-order valence-corrected chi connectivity index (χ4v) is 1.22. The van der Waals surface area contributed by atoms with Crippen LogP contribution in [0.25, 0.3) is 0 Å². The third-order valence-electron chi connectivity index (χ3n) is 2.22. The van der Waals surface area contributed by atoms with Crippen LogP contribution < -0.4 is 5.73 Å². The van der Waals surface area contributed by atoms with Gasteiger partial charge in [-0.25, -0.2) is 4.79 Å². The Labute approximate surface area is 87.5 Å². The molecule has 1 atom stereocenters. The highest BCUT2D eigenvalue weighted by molar-refractivity contribution is 6.31. The van der Waals surface area contributed by atoms with Gasteiger partial charge in [0.1, 0.15) is 5.54 Å². The zero-order valence-corrected chi connectivity index (χ0v) is 8.80. The van der Waals surface area contributed by atoms with Crippen molar-refractivity contribution in [2.24, 2.45) is 5.73 Å². The molecule has 1 rings (SSSR count). The van der Waals surface area contributed by atoms with Crippen molar-refractivity contribution in [3.63, 3.8) is 0 Å². The van der Waals surface area contributed by atoms with Crippen LogP contribution in [-0.4, -0.2) is 11.1 Å². The highest BCUT2D eigenvalue weighted by atomic mass is 35.5. The van der Waals surface area contributed by atoms with Gasteiger partial charge >= 0.3 is 5.97 Å². The molecule has 0 fully saturated rings. The summed E-state index contributed by atoms with van der Waals surface area (Å²) in [5, 5.41) is 9.41. The Morgan fingerprint density at radius 3 is 2.57 bits per heavy atom. The fraction of sp³-hybridized carbons (Fsp3) is 0.300. The second-order valence-corrected chi connectivity index (χ2v) is 3.88. The second kappa shape index (κ2) is 3.59. The normalized spacial score (nSPS) is 14.9. The first-order valence-electron chi connectivity index (χ1n) is 4.14. The summed E-state index contributed by atoms with van der Waals surface area (Å²) in [6.07, 6.45) is 0. The number of halogens is 1. The van der Waals surface area contributed by atoms with Gasteiger partial charge in [0.25, 0.3) is 0 Å². The van der Waals surface area contributed by atoms with Gasteiger partial charge in [-0.15, -0.1) is 0 Å². The van der Waals surface area contributed by atoms with Crippen molar-refractivity contribution >= 4 is 17.6 Å². The highest BCUT2D eigenvalue weighted by Crippen LogP contribution is 2.23. The average molecular weight is 214 g/mol. The number of hydrogen-bond acceptors (Lipinski definition) is 2. The van der Waals surface area contributed by atoms with E-state index < -0.39 is 11.5 Å². The van der Waals surface area contributed by atoms with Gasteiger partial charge in [-0.3, -0.25) is 0 Å². The summed E-state index contributed by atoms with van der Waals surface area (Å²) in [5.41, 5.74) is 5.65. The molecule has 3 nitrogen and oxygen atoms in total. The van der Waals surface area contributed by atoms with Crippen LogP contribution in [0.4, 0.5) is 0 Å². The Morgan fingerprint density at radius 1 is 1.57 bits per heavy atom. The van der Waals surface area contributed by atoms with Crippen LogP contribution in [-0.2, 0) is 10.3 Å². The van der Waals surface area contributed by atoms with Crippen LogP contribution in [0, 0.1) is 6.92 Å². The largest absolute Gasteiger partial charge is 0.480 e. The lowest BCUT2D eigenvalue weighted by molar-refractivity contribution is -0.143. The van der Waals surface area contributed by atoms with Crippen LogP contribution in [0.15, 0.2) is 18.2 Å². The van der Waals surface area contributed by atoms with Crippen molar-refractivity contribution in [1.82, 2.24) is 0 Å². The van der Waals surface area contributed by atoms with Crippen molar-refractivity contribution in [1.29, 1.82) is 0 Å². The molecule has 0 aliphatic heterocycles. The lowest BCUT2D eigenvalue weighted by atomic mass is 9.93. The molecule has 0 saturated heterocycles. The van der Waals surface area contributed by atoms with Crippen LogP contribution in [0.2, 0.25) is 5.02 Å². The molecule has 0 heterocycles. The van der Waals surface area contributed by atoms with E-state index in [-0.39, 0.29) is 0 Å². The molecule has 0 bridgehead atoms. The Morgan fingerprint density at radius 2 is 2.14 bits per heavy atom. The molecule has 0 unspecified atom stereocenters. The molecule has 0 aliphatic carbocycles. The van der Waals surface area contributed by atoms with Crippen LogP contribution in [0.5, 0.6) is 0 Å². The molecule has 0 spiro atoms. The number of rotatable bonds is 2. The Hall–Kier alpha value is -1.06. The summed E-state index contributed by atoms with van der Waals surface area (Å²) in [4.78, 5) is 10.8. The smallest absolute Gasteiger partial charge is 0.328 e. The molecule has 4 heteroatoms. The summed E-state index contributed by atoms with van der Waals surface area (Å²) in [6.45, 7) is 3.29. The van der Waals surface area contributed by atoms with E-state index in [4.69, 9.17) is 22.4 Å². The number of carbonyl (C=O) groups is 1. The number of benzene rings is 1. The zero-order valence-electron chi connectivity index (χ0n) is 8.04. The lowest BCUT2D eigenvalue weighted by Gasteiger charge is -2.20. The topological polar surface area (TPSA) is 63.3 Å². The quantitative estimate of drug-likeness (QED) is 0.789. The molecule has 14 heavy (non-hydrogen) atoms. The number of carboxylic acid groups (broad SMARTS) is 1. The van der Waals surface area contributed by atoms with Crippen molar-refractivity contribution < 1.29 is 9.90 Å². The maximum absolute atomic E-state index is 10.8. The highest BCUT2D eigenvalue weighted by Gasteiger charge is 2.30. The summed E-state index contributed by atoms with van der Waals surface area (Å²) >= 11 is 5.88. The van der Waals surface area contributed by atoms with E-state index in [0.29, 0.717) is 10.6 Å². The van der Waals surface area contributed by atoms with Gasteiger partial charge in [0, 0.05) is 5.02 Å². The predicted molar refractivity (Wildman–Crippen MR) is 55.4 cm³/mol. The fourth-order valence-electron chi connectivity index (χ4n) is 1.04. The molecule has 1 aromatic carbocycles. The molecule has 0 saturated carbocycles. The first kappa shape index (κ1) is 11.0. The number of hydrogen-bond donors (Lipinski definition) is 2. The van der Waals surface area contributed by atoms with Gasteiger partial charge in [0.15, 0.2) is 0 Å². The average Bonchev–Trinajstić information content (AvgIpc) is 2.09. The van der Waals surface area contributed by atoms with Crippen molar-refractivity contribution in [2.45, 2.75) is 19.4 Å². The zero-order chi connectivity index (χ0) is 10.9. The third-order valence-corrected chi connectivity index (χ3v) is 2.62. The Kier molecular flexibility index (Phi) is 2.83. The summed E-state index contributed by atoms with van der Waals surface area (Å²) in [5.74, 6) is -1.07.